The maximum Gasteiger partial charge on any atom is 0.259 e. The maximum atomic E-state index is 13.1. The predicted molar refractivity (Wildman–Crippen MR) is 122 cm³/mol. The summed E-state index contributed by atoms with van der Waals surface area (Å²) in [5.74, 6) is 0.679. The summed E-state index contributed by atoms with van der Waals surface area (Å²) >= 11 is 0. The van der Waals surface area contributed by atoms with Crippen LogP contribution in [0.3, 0.4) is 0 Å². The van der Waals surface area contributed by atoms with Crippen molar-refractivity contribution < 1.29 is 4.79 Å². The van der Waals surface area contributed by atoms with E-state index in [9.17, 15) is 9.59 Å². The number of aromatic amines is 1. The number of H-pyrrole nitrogens is 1. The third-order valence-electron chi connectivity index (χ3n) is 5.93. The Hall–Kier alpha value is -4.15. The Balaban J connectivity index is 1.32. The van der Waals surface area contributed by atoms with E-state index in [2.05, 4.69) is 30.5 Å². The molecule has 0 bridgehead atoms. The standard InChI is InChI=1S/C22H23N9O2/c1-29(2)22-23-12-17-19(26-22)11-18(25-20(17)32)14-6-8-30(9-7-14)21(33)15-4-3-5-16(10-15)31-13-24-27-28-31/h3-5,10-14H,6-9H2,1-2H3,(H,25,32). The number of pyridine rings is 1. The highest BCUT2D eigenvalue weighted by Gasteiger charge is 2.26. The SMILES string of the molecule is CN(C)c1ncc2c(=O)[nH]c(C3CCN(C(=O)c4cccc(-n5cnnn5)c4)CC3)cc2n1. The first-order valence-electron chi connectivity index (χ1n) is 10.7. The largest absolute Gasteiger partial charge is 0.347 e. The molecule has 0 aliphatic carbocycles. The summed E-state index contributed by atoms with van der Waals surface area (Å²) in [6.45, 7) is 1.21. The van der Waals surface area contributed by atoms with Crippen LogP contribution in [0, 0.1) is 0 Å². The first-order valence-corrected chi connectivity index (χ1v) is 10.7. The molecule has 11 heteroatoms. The average Bonchev–Trinajstić information content (AvgIpc) is 3.38. The molecule has 11 nitrogen and oxygen atoms in total. The normalized spacial score (nSPS) is 14.5. The van der Waals surface area contributed by atoms with Crippen LogP contribution in [0.4, 0.5) is 5.95 Å². The predicted octanol–water partition coefficient (Wildman–Crippen LogP) is 1.38. The number of nitrogens with zero attached hydrogens (tertiary/aromatic N) is 8. The van der Waals surface area contributed by atoms with Gasteiger partial charge in [0, 0.05) is 50.6 Å². The van der Waals surface area contributed by atoms with E-state index in [0.29, 0.717) is 35.5 Å². The lowest BCUT2D eigenvalue weighted by Gasteiger charge is -2.32. The highest BCUT2D eigenvalue weighted by atomic mass is 16.2. The molecule has 0 radical (unpaired) electrons. The number of rotatable bonds is 4. The van der Waals surface area contributed by atoms with Gasteiger partial charge in [0.1, 0.15) is 6.33 Å². The van der Waals surface area contributed by atoms with Crippen molar-refractivity contribution in [1.82, 2.24) is 40.1 Å². The zero-order valence-electron chi connectivity index (χ0n) is 18.3. The van der Waals surface area contributed by atoms with Crippen molar-refractivity contribution in [3.05, 3.63) is 64.5 Å². The maximum absolute atomic E-state index is 13.1. The summed E-state index contributed by atoms with van der Waals surface area (Å²) < 4.78 is 1.52. The zero-order chi connectivity index (χ0) is 22.9. The fraction of sp³-hybridized carbons (Fsp3) is 0.318. The van der Waals surface area contributed by atoms with E-state index in [1.165, 1.54) is 11.0 Å². The number of hydrogen-bond acceptors (Lipinski definition) is 8. The quantitative estimate of drug-likeness (QED) is 0.499. The number of piperidine rings is 1. The summed E-state index contributed by atoms with van der Waals surface area (Å²) in [5, 5.41) is 11.6. The molecule has 1 aliphatic heterocycles. The van der Waals surface area contributed by atoms with Gasteiger partial charge in [0.05, 0.1) is 16.6 Å². The molecule has 0 unspecified atom stereocenters. The van der Waals surface area contributed by atoms with Gasteiger partial charge in [-0.3, -0.25) is 9.59 Å². The van der Waals surface area contributed by atoms with Crippen LogP contribution in [-0.2, 0) is 0 Å². The van der Waals surface area contributed by atoms with Crippen LogP contribution in [0.1, 0.15) is 34.8 Å². The fourth-order valence-corrected chi connectivity index (χ4v) is 4.12. The topological polar surface area (TPSA) is 126 Å². The summed E-state index contributed by atoms with van der Waals surface area (Å²) in [4.78, 5) is 41.1. The molecule has 0 saturated carbocycles. The molecule has 3 aromatic heterocycles. The first kappa shape index (κ1) is 20.7. The number of carbonyl (C=O) groups is 1. The Morgan fingerprint density at radius 2 is 2.00 bits per heavy atom. The Kier molecular flexibility index (Phi) is 5.29. The van der Waals surface area contributed by atoms with E-state index in [1.54, 1.807) is 23.2 Å². The van der Waals surface area contributed by atoms with Crippen molar-refractivity contribution in [1.29, 1.82) is 0 Å². The minimum absolute atomic E-state index is 0.0289. The van der Waals surface area contributed by atoms with Crippen LogP contribution >= 0.6 is 0 Å². The molecule has 4 heterocycles. The second-order valence-electron chi connectivity index (χ2n) is 8.29. The highest BCUT2D eigenvalue weighted by molar-refractivity contribution is 5.94. The molecule has 1 aliphatic rings. The van der Waals surface area contributed by atoms with Crippen LogP contribution < -0.4 is 10.5 Å². The van der Waals surface area contributed by atoms with Crippen LogP contribution in [0.5, 0.6) is 0 Å². The second kappa shape index (κ2) is 8.41. The fourth-order valence-electron chi connectivity index (χ4n) is 4.12. The molecule has 1 saturated heterocycles. The third kappa shape index (κ3) is 4.04. The van der Waals surface area contributed by atoms with E-state index in [0.717, 1.165) is 24.2 Å². The van der Waals surface area contributed by atoms with Crippen LogP contribution in [-0.4, -0.2) is 73.2 Å². The number of aromatic nitrogens is 7. The molecule has 0 spiro atoms. The van der Waals surface area contributed by atoms with E-state index in [1.807, 2.05) is 37.2 Å². The molecule has 5 rings (SSSR count). The Morgan fingerprint density at radius 3 is 2.73 bits per heavy atom. The third-order valence-corrected chi connectivity index (χ3v) is 5.93. The molecule has 4 aromatic rings. The number of fused-ring (bicyclic) bond motifs is 1. The Labute approximate surface area is 189 Å². The van der Waals surface area contributed by atoms with E-state index >= 15 is 0 Å². The van der Waals surface area contributed by atoms with Gasteiger partial charge in [-0.05, 0) is 47.5 Å². The molecule has 1 N–H and O–H groups in total. The Morgan fingerprint density at radius 1 is 1.18 bits per heavy atom. The molecule has 0 atom stereocenters. The lowest BCUT2D eigenvalue weighted by molar-refractivity contribution is 0.0712. The second-order valence-corrected chi connectivity index (χ2v) is 8.29. The molecule has 1 aromatic carbocycles. The zero-order valence-corrected chi connectivity index (χ0v) is 18.3. The lowest BCUT2D eigenvalue weighted by Crippen LogP contribution is -2.38. The number of nitrogens with one attached hydrogen (secondary N) is 1. The molecule has 168 valence electrons. The average molecular weight is 445 g/mol. The van der Waals surface area contributed by atoms with Crippen molar-refractivity contribution in [2.45, 2.75) is 18.8 Å². The van der Waals surface area contributed by atoms with Crippen LogP contribution in [0.2, 0.25) is 0 Å². The number of carbonyl (C=O) groups excluding carboxylic acids is 1. The van der Waals surface area contributed by atoms with Gasteiger partial charge in [0.2, 0.25) is 5.95 Å². The molecular formula is C22H23N9O2. The first-order chi connectivity index (χ1) is 16.0. The van der Waals surface area contributed by atoms with Gasteiger partial charge < -0.3 is 14.8 Å². The van der Waals surface area contributed by atoms with Crippen LogP contribution in [0.25, 0.3) is 16.6 Å². The van der Waals surface area contributed by atoms with Crippen molar-refractivity contribution in [2.75, 3.05) is 32.1 Å². The Bertz CT molecular complexity index is 1360. The highest BCUT2D eigenvalue weighted by Crippen LogP contribution is 2.28. The summed E-state index contributed by atoms with van der Waals surface area (Å²) in [6.07, 6.45) is 4.56. The van der Waals surface area contributed by atoms with Gasteiger partial charge in [-0.1, -0.05) is 6.07 Å². The molecule has 1 amide bonds. The van der Waals surface area contributed by atoms with Crippen molar-refractivity contribution in [3.8, 4) is 5.69 Å². The van der Waals surface area contributed by atoms with E-state index in [4.69, 9.17) is 0 Å². The molecule has 33 heavy (non-hydrogen) atoms. The summed E-state index contributed by atoms with van der Waals surface area (Å²) in [5.41, 5.74) is 2.61. The monoisotopic (exact) mass is 445 g/mol. The number of amides is 1. The van der Waals surface area contributed by atoms with E-state index < -0.39 is 0 Å². The lowest BCUT2D eigenvalue weighted by atomic mass is 9.92. The van der Waals surface area contributed by atoms with Gasteiger partial charge in [0.25, 0.3) is 11.5 Å². The number of anilines is 1. The van der Waals surface area contributed by atoms with Gasteiger partial charge in [-0.2, -0.15) is 0 Å². The van der Waals surface area contributed by atoms with Crippen molar-refractivity contribution in [2.24, 2.45) is 0 Å². The van der Waals surface area contributed by atoms with E-state index in [-0.39, 0.29) is 17.4 Å². The molecule has 1 fully saturated rings. The minimum Gasteiger partial charge on any atom is -0.347 e. The van der Waals surface area contributed by atoms with Gasteiger partial charge >= 0.3 is 0 Å². The molecular weight excluding hydrogens is 422 g/mol. The minimum atomic E-state index is -0.189. The van der Waals surface area contributed by atoms with Gasteiger partial charge in [-0.15, -0.1) is 5.10 Å². The number of benzene rings is 1. The summed E-state index contributed by atoms with van der Waals surface area (Å²) in [6, 6.07) is 9.18. The van der Waals surface area contributed by atoms with Crippen molar-refractivity contribution in [3.63, 3.8) is 0 Å². The van der Waals surface area contributed by atoms with Crippen LogP contribution in [0.15, 0.2) is 47.7 Å². The van der Waals surface area contributed by atoms with Gasteiger partial charge in [0.15, 0.2) is 0 Å². The summed E-state index contributed by atoms with van der Waals surface area (Å²) in [7, 11) is 3.72. The number of likely N-dealkylation sites (tertiary alicyclic amines) is 1. The number of tetrazole rings is 1. The number of hydrogen-bond donors (Lipinski definition) is 1. The van der Waals surface area contributed by atoms with Gasteiger partial charge in [-0.25, -0.2) is 14.6 Å². The smallest absolute Gasteiger partial charge is 0.259 e. The van der Waals surface area contributed by atoms with Crippen molar-refractivity contribution >= 4 is 22.8 Å².